The van der Waals surface area contributed by atoms with Crippen LogP contribution >= 0.6 is 0 Å². The van der Waals surface area contributed by atoms with Crippen molar-refractivity contribution in [3.05, 3.63) is 34.9 Å². The summed E-state index contributed by atoms with van der Waals surface area (Å²) in [7, 11) is 0. The van der Waals surface area contributed by atoms with Gasteiger partial charge in [0.1, 0.15) is 0 Å². The molecule has 2 N–H and O–H groups in total. The molecule has 1 aliphatic rings. The van der Waals surface area contributed by atoms with Gasteiger partial charge in [-0.15, -0.1) is 0 Å². The van der Waals surface area contributed by atoms with Gasteiger partial charge in [-0.05, 0) is 37.5 Å². The van der Waals surface area contributed by atoms with Gasteiger partial charge in [-0.3, -0.25) is 0 Å². The van der Waals surface area contributed by atoms with Gasteiger partial charge >= 0.3 is 0 Å². The third-order valence-electron chi connectivity index (χ3n) is 3.67. The fraction of sp³-hybridized carbons (Fsp3) is 0.538. The Bertz CT molecular complexity index is 367. The van der Waals surface area contributed by atoms with Gasteiger partial charge in [0.05, 0.1) is 18.6 Å². The molecule has 0 spiro atoms. The van der Waals surface area contributed by atoms with Gasteiger partial charge in [-0.2, -0.15) is 0 Å². The number of aryl methyl sites for hydroxylation is 2. The predicted molar refractivity (Wildman–Crippen MR) is 62.1 cm³/mol. The van der Waals surface area contributed by atoms with Crippen LogP contribution in [-0.4, -0.2) is 19.3 Å². The van der Waals surface area contributed by atoms with Crippen LogP contribution < -0.4 is 5.73 Å². The van der Waals surface area contributed by atoms with E-state index in [0.29, 0.717) is 0 Å². The van der Waals surface area contributed by atoms with E-state index < -0.39 is 0 Å². The lowest BCUT2D eigenvalue weighted by Gasteiger charge is -2.45. The minimum absolute atomic E-state index is 0.0540. The Kier molecular flexibility index (Phi) is 2.57. The molecule has 1 fully saturated rings. The van der Waals surface area contributed by atoms with Gasteiger partial charge in [0.15, 0.2) is 0 Å². The molecule has 0 aliphatic carbocycles. The molecule has 2 heteroatoms. The summed E-state index contributed by atoms with van der Waals surface area (Å²) in [6, 6.07) is 6.76. The Balaban J connectivity index is 2.39. The molecular formula is C13H19NO. The molecule has 1 saturated heterocycles. The van der Waals surface area contributed by atoms with Gasteiger partial charge in [0.2, 0.25) is 0 Å². The van der Waals surface area contributed by atoms with Crippen molar-refractivity contribution in [2.75, 3.05) is 13.2 Å². The molecule has 0 aromatic heterocycles. The second-order valence-corrected chi connectivity index (χ2v) is 4.74. The molecule has 15 heavy (non-hydrogen) atoms. The van der Waals surface area contributed by atoms with E-state index >= 15 is 0 Å². The normalized spacial score (nSPS) is 20.8. The SMILES string of the molecule is Cc1ccc(C2(C(C)N)COC2)cc1C. The van der Waals surface area contributed by atoms with Crippen LogP contribution in [0.5, 0.6) is 0 Å². The summed E-state index contributed by atoms with van der Waals surface area (Å²) >= 11 is 0. The molecule has 0 radical (unpaired) electrons. The molecule has 0 saturated carbocycles. The Hall–Kier alpha value is -0.860. The van der Waals surface area contributed by atoms with Crippen molar-refractivity contribution in [1.29, 1.82) is 0 Å². The number of hydrogen-bond acceptors (Lipinski definition) is 2. The van der Waals surface area contributed by atoms with Crippen LogP contribution in [0.1, 0.15) is 23.6 Å². The van der Waals surface area contributed by atoms with Crippen LogP contribution in [0.4, 0.5) is 0 Å². The van der Waals surface area contributed by atoms with Crippen LogP contribution in [0, 0.1) is 13.8 Å². The number of rotatable bonds is 2. The highest BCUT2D eigenvalue weighted by molar-refractivity contribution is 5.37. The summed E-state index contributed by atoms with van der Waals surface area (Å²) in [6.45, 7) is 7.86. The summed E-state index contributed by atoms with van der Waals surface area (Å²) in [6.07, 6.45) is 0. The Morgan fingerprint density at radius 3 is 2.33 bits per heavy atom. The summed E-state index contributed by atoms with van der Waals surface area (Å²) < 4.78 is 5.34. The van der Waals surface area contributed by atoms with Crippen LogP contribution in [0.15, 0.2) is 18.2 Å². The first-order valence-electron chi connectivity index (χ1n) is 5.47. The van der Waals surface area contributed by atoms with E-state index in [2.05, 4.69) is 39.0 Å². The molecule has 1 aromatic rings. The molecule has 0 bridgehead atoms. The van der Waals surface area contributed by atoms with E-state index in [1.165, 1.54) is 16.7 Å². The zero-order valence-electron chi connectivity index (χ0n) is 9.71. The van der Waals surface area contributed by atoms with Gasteiger partial charge in [-0.25, -0.2) is 0 Å². The maximum absolute atomic E-state index is 6.07. The molecule has 1 unspecified atom stereocenters. The van der Waals surface area contributed by atoms with Crippen molar-refractivity contribution in [1.82, 2.24) is 0 Å². The first-order valence-corrected chi connectivity index (χ1v) is 5.47. The Morgan fingerprint density at radius 1 is 1.27 bits per heavy atom. The highest BCUT2D eigenvalue weighted by Crippen LogP contribution is 2.35. The minimum atomic E-state index is 0.0540. The van der Waals surface area contributed by atoms with Crippen LogP contribution in [0.25, 0.3) is 0 Å². The second-order valence-electron chi connectivity index (χ2n) is 4.74. The maximum atomic E-state index is 6.07. The molecular weight excluding hydrogens is 186 g/mol. The van der Waals surface area contributed by atoms with E-state index in [4.69, 9.17) is 10.5 Å². The number of ether oxygens (including phenoxy) is 1. The van der Waals surface area contributed by atoms with Gasteiger partial charge < -0.3 is 10.5 Å². The quantitative estimate of drug-likeness (QED) is 0.800. The fourth-order valence-corrected chi connectivity index (χ4v) is 2.07. The molecule has 0 amide bonds. The summed E-state index contributed by atoms with van der Waals surface area (Å²) in [5.41, 5.74) is 10.1. The summed E-state index contributed by atoms with van der Waals surface area (Å²) in [5, 5.41) is 0. The third-order valence-corrected chi connectivity index (χ3v) is 3.67. The van der Waals surface area contributed by atoms with E-state index in [0.717, 1.165) is 13.2 Å². The van der Waals surface area contributed by atoms with Crippen molar-refractivity contribution in [2.45, 2.75) is 32.2 Å². The van der Waals surface area contributed by atoms with E-state index in [1.807, 2.05) is 0 Å². The van der Waals surface area contributed by atoms with Crippen molar-refractivity contribution >= 4 is 0 Å². The zero-order chi connectivity index (χ0) is 11.1. The molecule has 1 heterocycles. The lowest BCUT2D eigenvalue weighted by atomic mass is 9.73. The standard InChI is InChI=1S/C13H19NO/c1-9-4-5-12(6-10(9)2)13(11(3)14)7-15-8-13/h4-6,11H,7-8,14H2,1-3H3. The molecule has 1 aliphatic heterocycles. The van der Waals surface area contributed by atoms with Crippen LogP contribution in [0.3, 0.4) is 0 Å². The van der Waals surface area contributed by atoms with Crippen molar-refractivity contribution in [3.63, 3.8) is 0 Å². The van der Waals surface area contributed by atoms with Crippen molar-refractivity contribution in [2.24, 2.45) is 5.73 Å². The molecule has 82 valence electrons. The third kappa shape index (κ3) is 1.58. The highest BCUT2D eigenvalue weighted by atomic mass is 16.5. The minimum Gasteiger partial charge on any atom is -0.379 e. The van der Waals surface area contributed by atoms with Crippen molar-refractivity contribution in [3.8, 4) is 0 Å². The smallest absolute Gasteiger partial charge is 0.0600 e. The highest BCUT2D eigenvalue weighted by Gasteiger charge is 2.43. The Morgan fingerprint density at radius 2 is 1.93 bits per heavy atom. The van der Waals surface area contributed by atoms with E-state index in [9.17, 15) is 0 Å². The summed E-state index contributed by atoms with van der Waals surface area (Å²) in [5.74, 6) is 0. The van der Waals surface area contributed by atoms with Gasteiger partial charge in [0, 0.05) is 6.04 Å². The molecule has 1 aromatic carbocycles. The maximum Gasteiger partial charge on any atom is 0.0600 e. The first kappa shape index (κ1) is 10.7. The van der Waals surface area contributed by atoms with Gasteiger partial charge in [0.25, 0.3) is 0 Å². The average molecular weight is 205 g/mol. The average Bonchev–Trinajstić information content (AvgIpc) is 2.08. The molecule has 2 rings (SSSR count). The zero-order valence-corrected chi connectivity index (χ0v) is 9.71. The van der Waals surface area contributed by atoms with E-state index in [1.54, 1.807) is 0 Å². The number of nitrogens with two attached hydrogens (primary N) is 1. The number of benzene rings is 1. The van der Waals surface area contributed by atoms with Crippen LogP contribution in [-0.2, 0) is 10.2 Å². The van der Waals surface area contributed by atoms with E-state index in [-0.39, 0.29) is 11.5 Å². The Labute approximate surface area is 91.4 Å². The topological polar surface area (TPSA) is 35.2 Å². The second kappa shape index (κ2) is 3.62. The monoisotopic (exact) mass is 205 g/mol. The summed E-state index contributed by atoms with van der Waals surface area (Å²) in [4.78, 5) is 0. The predicted octanol–water partition coefficient (Wildman–Crippen LogP) is 1.92. The lowest BCUT2D eigenvalue weighted by molar-refractivity contribution is -0.0701. The lowest BCUT2D eigenvalue weighted by Crippen LogP contribution is -2.57. The van der Waals surface area contributed by atoms with Crippen LogP contribution in [0.2, 0.25) is 0 Å². The fourth-order valence-electron chi connectivity index (χ4n) is 2.07. The van der Waals surface area contributed by atoms with Crippen molar-refractivity contribution < 1.29 is 4.74 Å². The number of hydrogen-bond donors (Lipinski definition) is 1. The molecule has 1 atom stereocenters. The largest absolute Gasteiger partial charge is 0.379 e. The molecule has 2 nitrogen and oxygen atoms in total. The van der Waals surface area contributed by atoms with Gasteiger partial charge in [-0.1, -0.05) is 18.2 Å². The first-order chi connectivity index (χ1) is 7.06.